The minimum absolute atomic E-state index is 0.0812. The summed E-state index contributed by atoms with van der Waals surface area (Å²) in [6.45, 7) is 0. The van der Waals surface area contributed by atoms with E-state index in [1.54, 1.807) is 0 Å². The summed E-state index contributed by atoms with van der Waals surface area (Å²) < 4.78 is 0. The number of carbonyl (C=O) groups is 1. The maximum atomic E-state index is 10.4. The molecule has 1 aliphatic rings. The Morgan fingerprint density at radius 1 is 1.36 bits per heavy atom. The van der Waals surface area contributed by atoms with Crippen molar-refractivity contribution in [1.82, 2.24) is 0 Å². The molecule has 1 aromatic carbocycles. The van der Waals surface area contributed by atoms with E-state index in [1.165, 1.54) is 0 Å². The zero-order valence-electron chi connectivity index (χ0n) is 7.86. The van der Waals surface area contributed by atoms with Crippen molar-refractivity contribution in [3.63, 3.8) is 0 Å². The first kappa shape index (κ1) is 9.21. The van der Waals surface area contributed by atoms with Crippen molar-refractivity contribution >= 4 is 5.97 Å². The fraction of sp³-hybridized carbons (Fsp3) is 0.364. The van der Waals surface area contributed by atoms with Gasteiger partial charge in [-0.05, 0) is 24.0 Å². The van der Waals surface area contributed by atoms with Gasteiger partial charge in [-0.1, -0.05) is 24.3 Å². The molecule has 1 fully saturated rings. The first-order chi connectivity index (χ1) is 6.60. The van der Waals surface area contributed by atoms with Gasteiger partial charge < -0.3 is 10.8 Å². The van der Waals surface area contributed by atoms with Crippen molar-refractivity contribution in [1.29, 1.82) is 0 Å². The Morgan fingerprint density at radius 2 is 1.93 bits per heavy atom. The third-order valence-corrected chi connectivity index (χ3v) is 2.67. The van der Waals surface area contributed by atoms with Crippen molar-refractivity contribution in [3.8, 4) is 0 Å². The Labute approximate surface area is 82.5 Å². The number of hydrogen-bond acceptors (Lipinski definition) is 2. The highest BCUT2D eigenvalue weighted by Crippen LogP contribution is 2.42. The molecule has 1 aromatic rings. The average molecular weight is 191 g/mol. The Bertz CT molecular complexity index is 352. The number of carboxylic acid groups (broad SMARTS) is 1. The van der Waals surface area contributed by atoms with Crippen LogP contribution in [0.3, 0.4) is 0 Å². The van der Waals surface area contributed by atoms with Crippen molar-refractivity contribution < 1.29 is 9.90 Å². The third kappa shape index (κ3) is 1.77. The average Bonchev–Trinajstić information content (AvgIpc) is 2.85. The van der Waals surface area contributed by atoms with Gasteiger partial charge in [-0.15, -0.1) is 0 Å². The summed E-state index contributed by atoms with van der Waals surface area (Å²) in [4.78, 5) is 10.4. The van der Waals surface area contributed by atoms with Crippen molar-refractivity contribution in [2.24, 2.45) is 5.73 Å². The van der Waals surface area contributed by atoms with Crippen LogP contribution in [-0.2, 0) is 16.8 Å². The number of carboxylic acids is 1. The van der Waals surface area contributed by atoms with E-state index in [4.69, 9.17) is 10.8 Å². The highest BCUT2D eigenvalue weighted by molar-refractivity contribution is 5.70. The molecule has 0 aliphatic heterocycles. The van der Waals surface area contributed by atoms with Gasteiger partial charge in [0.05, 0.1) is 6.42 Å². The fourth-order valence-corrected chi connectivity index (χ4v) is 1.55. The molecule has 3 N–H and O–H groups in total. The summed E-state index contributed by atoms with van der Waals surface area (Å²) in [7, 11) is 0. The molecule has 3 nitrogen and oxygen atoms in total. The van der Waals surface area contributed by atoms with E-state index >= 15 is 0 Å². The lowest BCUT2D eigenvalue weighted by Crippen LogP contribution is -2.18. The molecule has 0 heterocycles. The van der Waals surface area contributed by atoms with Crippen LogP contribution in [0.2, 0.25) is 0 Å². The van der Waals surface area contributed by atoms with Crippen LogP contribution in [0.5, 0.6) is 0 Å². The number of benzene rings is 1. The van der Waals surface area contributed by atoms with Gasteiger partial charge >= 0.3 is 5.97 Å². The standard InChI is InChI=1S/C11H13NO2/c12-11(5-6-11)9-3-1-8(2-4-9)7-10(13)14/h1-4H,5-7,12H2,(H,13,14). The number of hydrogen-bond donors (Lipinski definition) is 2. The first-order valence-corrected chi connectivity index (χ1v) is 4.70. The van der Waals surface area contributed by atoms with E-state index in [-0.39, 0.29) is 12.0 Å². The van der Waals surface area contributed by atoms with Gasteiger partial charge in [-0.25, -0.2) is 0 Å². The second kappa shape index (κ2) is 3.10. The van der Waals surface area contributed by atoms with Crippen molar-refractivity contribution in [2.75, 3.05) is 0 Å². The largest absolute Gasteiger partial charge is 0.481 e. The zero-order chi connectivity index (χ0) is 10.2. The molecule has 0 radical (unpaired) electrons. The Balaban J connectivity index is 2.14. The van der Waals surface area contributed by atoms with Crippen LogP contribution in [0.4, 0.5) is 0 Å². The second-order valence-corrected chi connectivity index (χ2v) is 3.92. The Morgan fingerprint density at radius 3 is 2.36 bits per heavy atom. The highest BCUT2D eigenvalue weighted by atomic mass is 16.4. The molecule has 0 saturated heterocycles. The van der Waals surface area contributed by atoms with Crippen LogP contribution in [0.1, 0.15) is 24.0 Å². The smallest absolute Gasteiger partial charge is 0.307 e. The minimum Gasteiger partial charge on any atom is -0.481 e. The van der Waals surface area contributed by atoms with Crippen molar-refractivity contribution in [3.05, 3.63) is 35.4 Å². The minimum atomic E-state index is -0.799. The zero-order valence-corrected chi connectivity index (χ0v) is 7.86. The monoisotopic (exact) mass is 191 g/mol. The normalized spacial score (nSPS) is 17.8. The lowest BCUT2D eigenvalue weighted by Gasteiger charge is -2.08. The molecule has 74 valence electrons. The summed E-state index contributed by atoms with van der Waals surface area (Å²) in [6, 6.07) is 7.56. The van der Waals surface area contributed by atoms with E-state index in [1.807, 2.05) is 24.3 Å². The van der Waals surface area contributed by atoms with Gasteiger partial charge in [0.25, 0.3) is 0 Å². The molecule has 3 heteroatoms. The summed E-state index contributed by atoms with van der Waals surface area (Å²) in [5.41, 5.74) is 7.82. The number of aliphatic carboxylic acids is 1. The van der Waals surface area contributed by atoms with Crippen molar-refractivity contribution in [2.45, 2.75) is 24.8 Å². The predicted molar refractivity (Wildman–Crippen MR) is 52.9 cm³/mol. The maximum absolute atomic E-state index is 10.4. The topological polar surface area (TPSA) is 63.3 Å². The van der Waals surface area contributed by atoms with Crippen LogP contribution >= 0.6 is 0 Å². The first-order valence-electron chi connectivity index (χ1n) is 4.70. The molecular formula is C11H13NO2. The predicted octanol–water partition coefficient (Wildman–Crippen LogP) is 1.26. The van der Waals surface area contributed by atoms with E-state index in [0.717, 1.165) is 24.0 Å². The SMILES string of the molecule is NC1(c2ccc(CC(=O)O)cc2)CC1. The molecule has 1 saturated carbocycles. The molecule has 14 heavy (non-hydrogen) atoms. The quantitative estimate of drug-likeness (QED) is 0.756. The molecule has 0 aromatic heterocycles. The number of nitrogens with two attached hydrogens (primary N) is 1. The van der Waals surface area contributed by atoms with Crippen LogP contribution in [-0.4, -0.2) is 11.1 Å². The fourth-order valence-electron chi connectivity index (χ4n) is 1.55. The van der Waals surface area contributed by atoms with E-state index in [2.05, 4.69) is 0 Å². The van der Waals surface area contributed by atoms with Gasteiger partial charge in [-0.2, -0.15) is 0 Å². The lowest BCUT2D eigenvalue weighted by atomic mass is 10.0. The molecule has 0 spiro atoms. The summed E-state index contributed by atoms with van der Waals surface area (Å²) in [5.74, 6) is -0.799. The number of rotatable bonds is 3. The molecule has 0 amide bonds. The molecule has 2 rings (SSSR count). The van der Waals surface area contributed by atoms with Gasteiger partial charge in [0, 0.05) is 5.54 Å². The van der Waals surface area contributed by atoms with Crippen LogP contribution in [0.25, 0.3) is 0 Å². The Kier molecular flexibility index (Phi) is 2.04. The molecule has 1 aliphatic carbocycles. The summed E-state index contributed by atoms with van der Waals surface area (Å²) in [6.07, 6.45) is 2.15. The third-order valence-electron chi connectivity index (χ3n) is 2.67. The Hall–Kier alpha value is -1.35. The van der Waals surface area contributed by atoms with E-state index < -0.39 is 5.97 Å². The summed E-state index contributed by atoms with van der Waals surface area (Å²) in [5, 5.41) is 8.58. The van der Waals surface area contributed by atoms with E-state index in [0.29, 0.717) is 0 Å². The van der Waals surface area contributed by atoms with Crippen LogP contribution in [0, 0.1) is 0 Å². The molecule has 0 atom stereocenters. The highest BCUT2D eigenvalue weighted by Gasteiger charge is 2.39. The molecule has 0 unspecified atom stereocenters. The molecular weight excluding hydrogens is 178 g/mol. The maximum Gasteiger partial charge on any atom is 0.307 e. The second-order valence-electron chi connectivity index (χ2n) is 3.92. The van der Waals surface area contributed by atoms with Gasteiger partial charge in [0.1, 0.15) is 0 Å². The van der Waals surface area contributed by atoms with Gasteiger partial charge in [-0.3, -0.25) is 4.79 Å². The van der Waals surface area contributed by atoms with Crippen LogP contribution in [0.15, 0.2) is 24.3 Å². The van der Waals surface area contributed by atoms with Crippen LogP contribution < -0.4 is 5.73 Å². The molecule has 0 bridgehead atoms. The lowest BCUT2D eigenvalue weighted by molar-refractivity contribution is -0.136. The van der Waals surface area contributed by atoms with E-state index in [9.17, 15) is 4.79 Å². The summed E-state index contributed by atoms with van der Waals surface area (Å²) >= 11 is 0. The van der Waals surface area contributed by atoms with Gasteiger partial charge in [0.2, 0.25) is 0 Å². The van der Waals surface area contributed by atoms with Gasteiger partial charge in [0.15, 0.2) is 0 Å².